The van der Waals surface area contributed by atoms with Crippen molar-refractivity contribution in [3.05, 3.63) is 0 Å². The monoisotopic (exact) mass is 283 g/mol. The summed E-state index contributed by atoms with van der Waals surface area (Å²) in [6, 6.07) is -0.225. The Morgan fingerprint density at radius 3 is 2.40 bits per heavy atom. The van der Waals surface area contributed by atoms with E-state index in [9.17, 15) is 15.3 Å². The molecule has 0 bridgehead atoms. The fourth-order valence-corrected chi connectivity index (χ4v) is 2.38. The molecule has 15 heavy (non-hydrogen) atoms. The molecule has 0 aromatic carbocycles. The van der Waals surface area contributed by atoms with E-state index in [2.05, 4.69) is 6.92 Å². The van der Waals surface area contributed by atoms with Crippen molar-refractivity contribution in [3.63, 3.8) is 0 Å². The second-order valence-electron chi connectivity index (χ2n) is 4.55. The number of hydrogen-bond acceptors (Lipinski definition) is 3. The van der Waals surface area contributed by atoms with Crippen molar-refractivity contribution in [2.45, 2.75) is 38.0 Å². The summed E-state index contributed by atoms with van der Waals surface area (Å²) < 4.78 is 0.590. The summed E-state index contributed by atoms with van der Waals surface area (Å²) in [6.45, 7) is 3.52. The van der Waals surface area contributed by atoms with E-state index in [0.717, 1.165) is 19.4 Å². The first kappa shape index (κ1) is 15.3. The lowest BCUT2D eigenvalue weighted by Crippen LogP contribution is -3.00. The van der Waals surface area contributed by atoms with Crippen LogP contribution in [0.5, 0.6) is 0 Å². The highest BCUT2D eigenvalue weighted by Gasteiger charge is 2.49. The van der Waals surface area contributed by atoms with Gasteiger partial charge in [0.2, 0.25) is 0 Å². The van der Waals surface area contributed by atoms with E-state index in [-0.39, 0.29) is 29.6 Å². The van der Waals surface area contributed by atoms with Gasteiger partial charge in [-0.2, -0.15) is 0 Å². The Morgan fingerprint density at radius 1 is 1.33 bits per heavy atom. The molecule has 92 valence electrons. The van der Waals surface area contributed by atoms with Crippen LogP contribution < -0.4 is 17.0 Å². The highest BCUT2D eigenvalue weighted by atomic mass is 79.9. The molecule has 5 heteroatoms. The molecule has 0 saturated carbocycles. The summed E-state index contributed by atoms with van der Waals surface area (Å²) in [4.78, 5) is 0. The van der Waals surface area contributed by atoms with E-state index in [1.807, 2.05) is 7.05 Å². The fraction of sp³-hybridized carbons (Fsp3) is 1.00. The molecule has 1 rings (SSSR count). The maximum Gasteiger partial charge on any atom is 0.141 e. The van der Waals surface area contributed by atoms with Gasteiger partial charge in [-0.15, -0.1) is 0 Å². The lowest BCUT2D eigenvalue weighted by atomic mass is 10.1. The predicted octanol–water partition coefficient (Wildman–Crippen LogP) is -3.67. The average molecular weight is 284 g/mol. The van der Waals surface area contributed by atoms with Gasteiger partial charge < -0.3 is 36.8 Å². The highest BCUT2D eigenvalue weighted by molar-refractivity contribution is 4.83. The molecule has 0 radical (unpaired) electrons. The van der Waals surface area contributed by atoms with Gasteiger partial charge in [0.05, 0.1) is 20.2 Å². The van der Waals surface area contributed by atoms with Crippen molar-refractivity contribution < 1.29 is 36.8 Å². The third kappa shape index (κ3) is 3.14. The first-order valence-electron chi connectivity index (χ1n) is 5.36. The van der Waals surface area contributed by atoms with Crippen molar-refractivity contribution in [1.82, 2.24) is 0 Å². The van der Waals surface area contributed by atoms with Gasteiger partial charge in [-0.05, 0) is 6.42 Å². The summed E-state index contributed by atoms with van der Waals surface area (Å²) in [5.74, 6) is 0. The van der Waals surface area contributed by atoms with Gasteiger partial charge in [0.15, 0.2) is 0 Å². The first-order valence-corrected chi connectivity index (χ1v) is 5.36. The minimum atomic E-state index is -0.776. The molecule has 3 N–H and O–H groups in total. The van der Waals surface area contributed by atoms with Crippen LogP contribution in [-0.2, 0) is 0 Å². The zero-order valence-electron chi connectivity index (χ0n) is 9.43. The van der Waals surface area contributed by atoms with Crippen molar-refractivity contribution in [3.8, 4) is 0 Å². The minimum Gasteiger partial charge on any atom is -1.00 e. The molecule has 0 amide bonds. The summed E-state index contributed by atoms with van der Waals surface area (Å²) in [6.07, 6.45) is 0.695. The van der Waals surface area contributed by atoms with Gasteiger partial charge in [0, 0.05) is 0 Å². The van der Waals surface area contributed by atoms with E-state index in [1.54, 1.807) is 0 Å². The van der Waals surface area contributed by atoms with Crippen LogP contribution >= 0.6 is 0 Å². The molecular weight excluding hydrogens is 262 g/mol. The molecule has 1 saturated heterocycles. The van der Waals surface area contributed by atoms with Crippen LogP contribution in [0.25, 0.3) is 0 Å². The summed E-state index contributed by atoms with van der Waals surface area (Å²) in [5, 5.41) is 28.4. The van der Waals surface area contributed by atoms with Gasteiger partial charge in [-0.3, -0.25) is 0 Å². The maximum atomic E-state index is 9.67. The molecule has 0 aliphatic carbocycles. The normalized spacial score (nSPS) is 40.2. The van der Waals surface area contributed by atoms with Gasteiger partial charge in [-0.1, -0.05) is 13.3 Å². The number of unbranched alkanes of at least 4 members (excludes halogenated alkanes) is 1. The fourth-order valence-electron chi connectivity index (χ4n) is 2.38. The second kappa shape index (κ2) is 6.15. The van der Waals surface area contributed by atoms with Gasteiger partial charge in [0.1, 0.15) is 24.8 Å². The Morgan fingerprint density at radius 2 is 1.93 bits per heavy atom. The smallest absolute Gasteiger partial charge is 0.141 e. The number of hydrogen-bond donors (Lipinski definition) is 3. The summed E-state index contributed by atoms with van der Waals surface area (Å²) in [7, 11) is 2.00. The van der Waals surface area contributed by atoms with Crippen LogP contribution in [0.4, 0.5) is 0 Å². The maximum absolute atomic E-state index is 9.67. The Bertz CT molecular complexity index is 194. The number of halogens is 1. The van der Waals surface area contributed by atoms with Crippen LogP contribution in [0.1, 0.15) is 19.8 Å². The van der Waals surface area contributed by atoms with E-state index in [1.165, 1.54) is 0 Å². The van der Waals surface area contributed by atoms with E-state index in [4.69, 9.17) is 0 Å². The molecule has 1 unspecified atom stereocenters. The summed E-state index contributed by atoms with van der Waals surface area (Å²) in [5.41, 5.74) is 0. The number of aliphatic hydroxyl groups excluding tert-OH is 3. The molecule has 1 aliphatic rings. The largest absolute Gasteiger partial charge is 1.00 e. The zero-order valence-corrected chi connectivity index (χ0v) is 11.0. The minimum absolute atomic E-state index is 0. The van der Waals surface area contributed by atoms with Crippen LogP contribution in [0.2, 0.25) is 0 Å². The molecule has 4 atom stereocenters. The van der Waals surface area contributed by atoms with Gasteiger partial charge in [-0.25, -0.2) is 0 Å². The first-order chi connectivity index (χ1) is 6.55. The number of aliphatic hydroxyl groups is 3. The molecule has 1 aliphatic heterocycles. The second-order valence-corrected chi connectivity index (χ2v) is 4.55. The third-order valence-electron chi connectivity index (χ3n) is 3.40. The number of likely N-dealkylation sites (tertiary alicyclic amines) is 1. The quantitative estimate of drug-likeness (QED) is 0.466. The van der Waals surface area contributed by atoms with Gasteiger partial charge in [0.25, 0.3) is 0 Å². The van der Waals surface area contributed by atoms with Crippen LogP contribution in [0.3, 0.4) is 0 Å². The van der Waals surface area contributed by atoms with Crippen molar-refractivity contribution in [2.24, 2.45) is 0 Å². The van der Waals surface area contributed by atoms with Crippen molar-refractivity contribution >= 4 is 0 Å². The standard InChI is InChI=1S/C10H22NO3.BrH/c1-3-4-5-11(2)6-9(13)10(14)8(11)7-12;/h8-10,12-14H,3-7H2,1-2H3;1H/q+1;/p-1/t8-,9-,10-,11?;/m1./s1. The van der Waals surface area contributed by atoms with Crippen LogP contribution in [-0.4, -0.2) is 64.8 Å². The molecule has 0 spiro atoms. The van der Waals surface area contributed by atoms with E-state index >= 15 is 0 Å². The third-order valence-corrected chi connectivity index (χ3v) is 3.40. The Balaban J connectivity index is 0.00000196. The highest BCUT2D eigenvalue weighted by Crippen LogP contribution is 2.26. The topological polar surface area (TPSA) is 60.7 Å². The number of rotatable bonds is 4. The molecule has 1 heterocycles. The van der Waals surface area contributed by atoms with Crippen LogP contribution in [0, 0.1) is 0 Å². The molecule has 4 nitrogen and oxygen atoms in total. The molecule has 1 fully saturated rings. The van der Waals surface area contributed by atoms with E-state index < -0.39 is 12.2 Å². The Kier molecular flexibility index (Phi) is 6.28. The van der Waals surface area contributed by atoms with Crippen molar-refractivity contribution in [1.29, 1.82) is 0 Å². The van der Waals surface area contributed by atoms with E-state index in [0.29, 0.717) is 11.0 Å². The predicted molar refractivity (Wildman–Crippen MR) is 53.7 cm³/mol. The SMILES string of the molecule is CCCC[N+]1(C)C[C@@H](O)[C@H](O)[C@H]1CO.[Br-]. The average Bonchev–Trinajstić information content (AvgIpc) is 2.35. The molecule has 0 aromatic rings. The summed E-state index contributed by atoms with van der Waals surface area (Å²) >= 11 is 0. The lowest BCUT2D eigenvalue weighted by Gasteiger charge is -2.35. The molecular formula is C10H22BrNO3. The van der Waals surface area contributed by atoms with Gasteiger partial charge >= 0.3 is 0 Å². The zero-order chi connectivity index (χ0) is 10.8. The van der Waals surface area contributed by atoms with Crippen molar-refractivity contribution in [2.75, 3.05) is 26.7 Å². The number of nitrogens with zero attached hydrogens (tertiary/aromatic N) is 1. The Labute approximate surface area is 102 Å². The lowest BCUT2D eigenvalue weighted by molar-refractivity contribution is -0.924. The molecule has 0 aromatic heterocycles. The van der Waals surface area contributed by atoms with Crippen LogP contribution in [0.15, 0.2) is 0 Å². The number of likely N-dealkylation sites (N-methyl/N-ethyl adjacent to an activating group) is 1. The number of quaternary nitrogens is 1. The Hall–Kier alpha value is 0.320.